The molecular formula is C8H11IN2. The van der Waals surface area contributed by atoms with E-state index in [1.807, 2.05) is 19.4 Å². The van der Waals surface area contributed by atoms with Gasteiger partial charge in [-0.05, 0) is 25.1 Å². The van der Waals surface area contributed by atoms with Gasteiger partial charge in [0.2, 0.25) is 0 Å². The Morgan fingerprint density at radius 1 is 1.55 bits per heavy atom. The number of rotatable bonds is 2. The van der Waals surface area contributed by atoms with Crippen LogP contribution in [0.25, 0.3) is 0 Å². The first-order valence-electron chi connectivity index (χ1n) is 3.46. The Balaban J connectivity index is 2.71. The van der Waals surface area contributed by atoms with Crippen molar-refractivity contribution < 1.29 is 0 Å². The Bertz CT molecular complexity index is 235. The van der Waals surface area contributed by atoms with E-state index in [-0.39, 0.29) is 0 Å². The molecule has 1 rings (SSSR count). The molecule has 0 fully saturated rings. The lowest BCUT2D eigenvalue weighted by Gasteiger charge is -2.06. The van der Waals surface area contributed by atoms with Crippen LogP contribution in [0.4, 0.5) is 0 Å². The molecule has 0 saturated heterocycles. The molecule has 0 aromatic carbocycles. The smallest absolute Gasteiger partial charge is 0.0344 e. The number of aromatic nitrogens is 1. The van der Waals surface area contributed by atoms with Gasteiger partial charge in [-0.1, -0.05) is 6.07 Å². The highest BCUT2D eigenvalue weighted by molar-refractivity contribution is 14.1. The molecule has 0 atom stereocenters. The van der Waals surface area contributed by atoms with Gasteiger partial charge in [-0.25, -0.2) is 3.11 Å². The Labute approximate surface area is 81.1 Å². The average Bonchev–Trinajstić information content (AvgIpc) is 1.85. The third kappa shape index (κ3) is 3.16. The molecule has 60 valence electrons. The highest BCUT2D eigenvalue weighted by atomic mass is 127. The van der Waals surface area contributed by atoms with E-state index in [4.69, 9.17) is 0 Å². The van der Waals surface area contributed by atoms with Crippen molar-refractivity contribution in [1.29, 1.82) is 0 Å². The summed E-state index contributed by atoms with van der Waals surface area (Å²) in [5, 5.41) is 0. The van der Waals surface area contributed by atoms with Crippen LogP contribution in [0.15, 0.2) is 18.5 Å². The predicted octanol–water partition coefficient (Wildman–Crippen LogP) is 2.17. The molecule has 0 spiro atoms. The summed E-state index contributed by atoms with van der Waals surface area (Å²) >= 11 is 2.26. The number of hydrogen-bond donors (Lipinski definition) is 0. The van der Waals surface area contributed by atoms with Crippen LogP contribution in [-0.2, 0) is 6.54 Å². The monoisotopic (exact) mass is 262 g/mol. The fourth-order valence-corrected chi connectivity index (χ4v) is 1.35. The molecule has 3 heteroatoms. The first kappa shape index (κ1) is 8.93. The minimum atomic E-state index is 0.954. The van der Waals surface area contributed by atoms with E-state index in [0.717, 1.165) is 6.54 Å². The molecule has 0 aliphatic rings. The Kier molecular flexibility index (Phi) is 3.26. The Hall–Kier alpha value is -0.160. The van der Waals surface area contributed by atoms with Crippen molar-refractivity contribution in [2.45, 2.75) is 13.5 Å². The van der Waals surface area contributed by atoms with Gasteiger partial charge in [0.1, 0.15) is 0 Å². The fourth-order valence-electron chi connectivity index (χ4n) is 0.956. The molecule has 0 amide bonds. The number of halogens is 1. The van der Waals surface area contributed by atoms with Gasteiger partial charge in [0, 0.05) is 41.8 Å². The van der Waals surface area contributed by atoms with Crippen molar-refractivity contribution in [3.63, 3.8) is 0 Å². The van der Waals surface area contributed by atoms with Crippen LogP contribution in [0.2, 0.25) is 0 Å². The lowest BCUT2D eigenvalue weighted by molar-refractivity contribution is 0.608. The van der Waals surface area contributed by atoms with Crippen LogP contribution in [0.5, 0.6) is 0 Å². The molecule has 11 heavy (non-hydrogen) atoms. The highest BCUT2D eigenvalue weighted by Gasteiger charge is 1.95. The molecule has 1 heterocycles. The maximum atomic E-state index is 4.11. The van der Waals surface area contributed by atoms with Crippen molar-refractivity contribution in [3.8, 4) is 0 Å². The second-order valence-electron chi connectivity index (χ2n) is 2.63. The van der Waals surface area contributed by atoms with Gasteiger partial charge in [-0.2, -0.15) is 0 Å². The van der Waals surface area contributed by atoms with Crippen molar-refractivity contribution in [3.05, 3.63) is 29.6 Å². The second kappa shape index (κ2) is 4.01. The largest absolute Gasteiger partial charge is 0.264 e. The maximum absolute atomic E-state index is 4.11. The van der Waals surface area contributed by atoms with Gasteiger partial charge in [-0.3, -0.25) is 4.98 Å². The molecule has 0 aliphatic carbocycles. The molecule has 0 bridgehead atoms. The second-order valence-corrected chi connectivity index (χ2v) is 4.28. The summed E-state index contributed by atoms with van der Waals surface area (Å²) in [4.78, 5) is 4.11. The lowest BCUT2D eigenvalue weighted by atomic mass is 10.2. The molecule has 0 N–H and O–H groups in total. The number of nitrogens with zero attached hydrogens (tertiary/aromatic N) is 2. The van der Waals surface area contributed by atoms with E-state index in [2.05, 4.69) is 44.0 Å². The van der Waals surface area contributed by atoms with Crippen LogP contribution in [0, 0.1) is 6.92 Å². The number of aryl methyl sites for hydroxylation is 1. The zero-order valence-electron chi connectivity index (χ0n) is 6.71. The van der Waals surface area contributed by atoms with Gasteiger partial charge in [0.15, 0.2) is 0 Å². The van der Waals surface area contributed by atoms with Crippen LogP contribution >= 0.6 is 22.9 Å². The van der Waals surface area contributed by atoms with Gasteiger partial charge in [0.05, 0.1) is 0 Å². The summed E-state index contributed by atoms with van der Waals surface area (Å²) in [6, 6.07) is 2.15. The molecule has 0 aliphatic heterocycles. The van der Waals surface area contributed by atoms with E-state index in [9.17, 15) is 0 Å². The van der Waals surface area contributed by atoms with Gasteiger partial charge < -0.3 is 0 Å². The summed E-state index contributed by atoms with van der Waals surface area (Å²) < 4.78 is 2.11. The Morgan fingerprint density at radius 3 is 2.82 bits per heavy atom. The molecule has 2 nitrogen and oxygen atoms in total. The van der Waals surface area contributed by atoms with E-state index < -0.39 is 0 Å². The molecular weight excluding hydrogens is 251 g/mol. The Morgan fingerprint density at radius 2 is 2.27 bits per heavy atom. The van der Waals surface area contributed by atoms with Crippen LogP contribution < -0.4 is 0 Å². The molecule has 0 saturated carbocycles. The SMILES string of the molecule is Cc1cncc(CN(C)I)c1. The quantitative estimate of drug-likeness (QED) is 0.599. The predicted molar refractivity (Wildman–Crippen MR) is 54.5 cm³/mol. The minimum Gasteiger partial charge on any atom is -0.264 e. The molecule has 0 unspecified atom stereocenters. The summed E-state index contributed by atoms with van der Waals surface area (Å²) in [5.74, 6) is 0. The van der Waals surface area contributed by atoms with E-state index in [1.54, 1.807) is 0 Å². The first-order valence-corrected chi connectivity index (χ1v) is 4.42. The summed E-state index contributed by atoms with van der Waals surface area (Å²) in [7, 11) is 2.04. The van der Waals surface area contributed by atoms with E-state index in [0.29, 0.717) is 0 Å². The summed E-state index contributed by atoms with van der Waals surface area (Å²) in [5.41, 5.74) is 2.49. The van der Waals surface area contributed by atoms with Crippen molar-refractivity contribution in [2.24, 2.45) is 0 Å². The van der Waals surface area contributed by atoms with E-state index >= 15 is 0 Å². The topological polar surface area (TPSA) is 16.1 Å². The van der Waals surface area contributed by atoms with E-state index in [1.165, 1.54) is 11.1 Å². The van der Waals surface area contributed by atoms with Gasteiger partial charge >= 0.3 is 0 Å². The van der Waals surface area contributed by atoms with Gasteiger partial charge in [-0.15, -0.1) is 0 Å². The molecule has 1 aromatic rings. The highest BCUT2D eigenvalue weighted by Crippen LogP contribution is 2.06. The van der Waals surface area contributed by atoms with Crippen molar-refractivity contribution in [1.82, 2.24) is 8.10 Å². The normalized spacial score (nSPS) is 10.5. The lowest BCUT2D eigenvalue weighted by Crippen LogP contribution is -2.03. The fraction of sp³-hybridized carbons (Fsp3) is 0.375. The number of hydrogen-bond acceptors (Lipinski definition) is 2. The third-order valence-corrected chi connectivity index (χ3v) is 1.67. The summed E-state index contributed by atoms with van der Waals surface area (Å²) in [6.45, 7) is 3.01. The van der Waals surface area contributed by atoms with Gasteiger partial charge in [0.25, 0.3) is 0 Å². The number of pyridine rings is 1. The van der Waals surface area contributed by atoms with Crippen LogP contribution in [0.1, 0.15) is 11.1 Å². The summed E-state index contributed by atoms with van der Waals surface area (Å²) in [6.07, 6.45) is 3.78. The average molecular weight is 262 g/mol. The zero-order chi connectivity index (χ0) is 8.27. The minimum absolute atomic E-state index is 0.954. The molecule has 1 aromatic heterocycles. The zero-order valence-corrected chi connectivity index (χ0v) is 8.87. The van der Waals surface area contributed by atoms with Crippen LogP contribution in [0.3, 0.4) is 0 Å². The maximum Gasteiger partial charge on any atom is 0.0344 e. The van der Waals surface area contributed by atoms with Crippen molar-refractivity contribution >= 4 is 22.9 Å². The van der Waals surface area contributed by atoms with Crippen LogP contribution in [-0.4, -0.2) is 15.1 Å². The standard InChI is InChI=1S/C8H11IN2/c1-7-3-8(5-10-4-7)6-11(2)9/h3-5H,6H2,1-2H3. The first-order chi connectivity index (χ1) is 5.18. The van der Waals surface area contributed by atoms with Crippen molar-refractivity contribution in [2.75, 3.05) is 7.05 Å². The molecule has 0 radical (unpaired) electrons. The third-order valence-electron chi connectivity index (χ3n) is 1.33.